The van der Waals surface area contributed by atoms with E-state index < -0.39 is 0 Å². The first-order chi connectivity index (χ1) is 8.92. The van der Waals surface area contributed by atoms with Crippen LogP contribution in [0.3, 0.4) is 0 Å². The highest BCUT2D eigenvalue weighted by molar-refractivity contribution is 7.11. The van der Waals surface area contributed by atoms with Gasteiger partial charge in [0.1, 0.15) is 5.75 Å². The van der Waals surface area contributed by atoms with Crippen molar-refractivity contribution in [2.24, 2.45) is 0 Å². The van der Waals surface area contributed by atoms with E-state index in [2.05, 4.69) is 16.4 Å². The number of nitrogens with one attached hydrogen (secondary N) is 1. The van der Waals surface area contributed by atoms with Crippen molar-refractivity contribution in [2.45, 2.75) is 6.10 Å². The lowest BCUT2D eigenvalue weighted by Crippen LogP contribution is -2.33. The Kier molecular flexibility index (Phi) is 3.54. The Labute approximate surface area is 110 Å². The summed E-state index contributed by atoms with van der Waals surface area (Å²) in [6.45, 7) is 2.53. The Morgan fingerprint density at radius 2 is 2.44 bits per heavy atom. The summed E-state index contributed by atoms with van der Waals surface area (Å²) in [7, 11) is 0. The Balaban J connectivity index is 1.76. The van der Waals surface area contributed by atoms with Crippen molar-refractivity contribution in [3.05, 3.63) is 41.5 Å². The average molecular weight is 262 g/mol. The van der Waals surface area contributed by atoms with Gasteiger partial charge >= 0.3 is 0 Å². The van der Waals surface area contributed by atoms with Crippen LogP contribution < -0.4 is 10.1 Å². The van der Waals surface area contributed by atoms with E-state index in [0.29, 0.717) is 0 Å². The first-order valence-electron chi connectivity index (χ1n) is 5.90. The van der Waals surface area contributed by atoms with Gasteiger partial charge in [0.25, 0.3) is 0 Å². The minimum absolute atomic E-state index is 0.115. The highest BCUT2D eigenvalue weighted by Gasteiger charge is 2.16. The van der Waals surface area contributed by atoms with Gasteiger partial charge in [-0.1, -0.05) is 23.5 Å². The lowest BCUT2D eigenvalue weighted by Gasteiger charge is -2.24. The van der Waals surface area contributed by atoms with E-state index in [-0.39, 0.29) is 6.10 Å². The van der Waals surface area contributed by atoms with Crippen LogP contribution in [0.15, 0.2) is 36.0 Å². The summed E-state index contributed by atoms with van der Waals surface area (Å²) in [5.41, 5.74) is 2.90. The van der Waals surface area contributed by atoms with E-state index in [4.69, 9.17) is 9.47 Å². The van der Waals surface area contributed by atoms with Gasteiger partial charge in [0.2, 0.25) is 5.06 Å². The fourth-order valence-corrected chi connectivity index (χ4v) is 2.42. The van der Waals surface area contributed by atoms with Crippen molar-refractivity contribution < 1.29 is 9.47 Å². The monoisotopic (exact) mass is 262 g/mol. The molecule has 1 aliphatic rings. The third-order valence-electron chi connectivity index (χ3n) is 2.79. The Hall–Kier alpha value is -1.43. The van der Waals surface area contributed by atoms with Crippen LogP contribution in [0.2, 0.25) is 0 Å². The van der Waals surface area contributed by atoms with Gasteiger partial charge in [-0.15, -0.1) is 0 Å². The molecule has 1 saturated heterocycles. The van der Waals surface area contributed by atoms with E-state index >= 15 is 0 Å². The van der Waals surface area contributed by atoms with Crippen molar-refractivity contribution in [1.29, 1.82) is 0 Å². The second-order valence-corrected chi connectivity index (χ2v) is 4.91. The summed E-state index contributed by atoms with van der Waals surface area (Å²) in [5, 5.41) is 4.13. The van der Waals surface area contributed by atoms with Crippen LogP contribution in [0.5, 0.6) is 10.8 Å². The zero-order chi connectivity index (χ0) is 12.2. The molecule has 4 nitrogen and oxygen atoms in total. The smallest absolute Gasteiger partial charge is 0.200 e. The van der Waals surface area contributed by atoms with E-state index in [1.165, 1.54) is 11.3 Å². The lowest BCUT2D eigenvalue weighted by molar-refractivity contribution is 0.0276. The maximum Gasteiger partial charge on any atom is 0.200 e. The molecule has 0 amide bonds. The molecule has 2 aromatic rings. The molecule has 18 heavy (non-hydrogen) atoms. The number of nitrogens with zero attached hydrogens (tertiary/aromatic N) is 1. The summed E-state index contributed by atoms with van der Waals surface area (Å²) in [4.78, 5) is 3.99. The quantitative estimate of drug-likeness (QED) is 0.923. The third-order valence-corrected chi connectivity index (χ3v) is 3.43. The van der Waals surface area contributed by atoms with E-state index in [1.54, 1.807) is 11.7 Å². The number of aromatic nitrogens is 1. The third kappa shape index (κ3) is 2.69. The summed E-state index contributed by atoms with van der Waals surface area (Å²) in [6, 6.07) is 8.03. The number of benzene rings is 1. The van der Waals surface area contributed by atoms with Crippen LogP contribution in [0.1, 0.15) is 11.7 Å². The van der Waals surface area contributed by atoms with E-state index in [0.717, 1.165) is 36.1 Å². The molecular weight excluding hydrogens is 248 g/mol. The molecule has 2 heterocycles. The van der Waals surface area contributed by atoms with Gasteiger partial charge in [-0.05, 0) is 17.7 Å². The number of rotatable bonds is 3. The number of thiazole rings is 1. The molecule has 0 unspecified atom stereocenters. The molecule has 0 aliphatic carbocycles. The molecule has 1 aromatic carbocycles. The predicted molar refractivity (Wildman–Crippen MR) is 70.2 cm³/mol. The molecule has 0 spiro atoms. The maximum absolute atomic E-state index is 5.73. The lowest BCUT2D eigenvalue weighted by atomic mass is 10.1. The number of hydrogen-bond donors (Lipinski definition) is 1. The van der Waals surface area contributed by atoms with Crippen LogP contribution in [0, 0.1) is 0 Å². The topological polar surface area (TPSA) is 43.4 Å². The van der Waals surface area contributed by atoms with E-state index in [1.807, 2.05) is 18.2 Å². The summed E-state index contributed by atoms with van der Waals surface area (Å²) < 4.78 is 11.5. The van der Waals surface area contributed by atoms with Crippen LogP contribution in [0.25, 0.3) is 0 Å². The van der Waals surface area contributed by atoms with E-state index in [9.17, 15) is 0 Å². The van der Waals surface area contributed by atoms with Crippen LogP contribution in [-0.2, 0) is 4.74 Å². The maximum atomic E-state index is 5.73. The second-order valence-electron chi connectivity index (χ2n) is 4.06. The van der Waals surface area contributed by atoms with Crippen LogP contribution >= 0.6 is 11.3 Å². The zero-order valence-corrected chi connectivity index (χ0v) is 10.7. The molecule has 1 N–H and O–H groups in total. The molecule has 5 heteroatoms. The summed E-state index contributed by atoms with van der Waals surface area (Å²) in [5.74, 6) is 0.825. The van der Waals surface area contributed by atoms with Gasteiger partial charge < -0.3 is 14.8 Å². The molecule has 0 radical (unpaired) electrons. The molecule has 1 fully saturated rings. The molecule has 1 atom stereocenters. The summed E-state index contributed by atoms with van der Waals surface area (Å²) in [6.07, 6.45) is 1.83. The minimum atomic E-state index is 0.115. The average Bonchev–Trinajstić information content (AvgIpc) is 2.93. The summed E-state index contributed by atoms with van der Waals surface area (Å²) >= 11 is 1.48. The van der Waals surface area contributed by atoms with Crippen molar-refractivity contribution >= 4 is 11.3 Å². The first-order valence-corrected chi connectivity index (χ1v) is 6.78. The highest BCUT2D eigenvalue weighted by atomic mass is 32.1. The fourth-order valence-electron chi connectivity index (χ4n) is 1.93. The SMILES string of the molecule is c1cc(Oc2cncs2)cc([C@@H]2CNCCO2)c1. The number of hydrogen-bond acceptors (Lipinski definition) is 5. The van der Waals surface area contributed by atoms with Crippen molar-refractivity contribution in [2.75, 3.05) is 19.7 Å². The predicted octanol–water partition coefficient (Wildman–Crippen LogP) is 2.60. The van der Waals surface area contributed by atoms with Crippen molar-refractivity contribution in [1.82, 2.24) is 10.3 Å². The molecular formula is C13H14N2O2S. The second kappa shape index (κ2) is 5.48. The minimum Gasteiger partial charge on any atom is -0.445 e. The molecule has 1 aliphatic heterocycles. The molecule has 1 aromatic heterocycles. The standard InChI is InChI=1S/C13H14N2O2S/c1-2-10(12-7-14-4-5-16-12)6-11(3-1)17-13-8-15-9-18-13/h1-3,6,8-9,12,14H,4-5,7H2/t12-/m0/s1. The van der Waals surface area contributed by atoms with Crippen molar-refractivity contribution in [3.63, 3.8) is 0 Å². The van der Waals surface area contributed by atoms with Gasteiger partial charge in [-0.25, -0.2) is 4.98 Å². The zero-order valence-electron chi connectivity index (χ0n) is 9.83. The molecule has 94 valence electrons. The molecule has 3 rings (SSSR count). The van der Waals surface area contributed by atoms with Gasteiger partial charge in [-0.2, -0.15) is 0 Å². The van der Waals surface area contributed by atoms with Crippen LogP contribution in [-0.4, -0.2) is 24.7 Å². The van der Waals surface area contributed by atoms with Gasteiger partial charge in [0.15, 0.2) is 0 Å². The molecule has 0 saturated carbocycles. The van der Waals surface area contributed by atoms with Crippen LogP contribution in [0.4, 0.5) is 0 Å². The largest absolute Gasteiger partial charge is 0.445 e. The van der Waals surface area contributed by atoms with Gasteiger partial charge in [-0.3, -0.25) is 0 Å². The Bertz CT molecular complexity index is 495. The number of morpholine rings is 1. The normalized spacial score (nSPS) is 19.7. The fraction of sp³-hybridized carbons (Fsp3) is 0.308. The highest BCUT2D eigenvalue weighted by Crippen LogP contribution is 2.28. The first kappa shape index (κ1) is 11.6. The van der Waals surface area contributed by atoms with Gasteiger partial charge in [0, 0.05) is 13.1 Å². The number of ether oxygens (including phenoxy) is 2. The van der Waals surface area contributed by atoms with Gasteiger partial charge in [0.05, 0.1) is 24.4 Å². The Morgan fingerprint density at radius 1 is 1.44 bits per heavy atom. The van der Waals surface area contributed by atoms with Crippen molar-refractivity contribution in [3.8, 4) is 10.8 Å². The Morgan fingerprint density at radius 3 is 3.22 bits per heavy atom. The molecule has 0 bridgehead atoms.